The van der Waals surface area contributed by atoms with Crippen molar-refractivity contribution >= 4 is 5.97 Å². The first kappa shape index (κ1) is 15.4. The molecule has 0 aliphatic heterocycles. The lowest BCUT2D eigenvalue weighted by molar-refractivity contribution is -0.160. The lowest BCUT2D eigenvalue weighted by Crippen LogP contribution is -2.30. The molecule has 0 saturated heterocycles. The molecule has 3 heteroatoms. The molecule has 0 aliphatic rings. The van der Waals surface area contributed by atoms with Crippen LogP contribution < -0.4 is 5.48 Å². The molecular formula is C13H27NO2. The maximum absolute atomic E-state index is 11.4. The Labute approximate surface area is 99.9 Å². The topological polar surface area (TPSA) is 38.3 Å². The van der Waals surface area contributed by atoms with Gasteiger partial charge in [0.1, 0.15) is 0 Å². The van der Waals surface area contributed by atoms with E-state index in [1.165, 1.54) is 32.1 Å². The van der Waals surface area contributed by atoms with Crippen molar-refractivity contribution in [3.8, 4) is 0 Å². The monoisotopic (exact) mass is 229 g/mol. The van der Waals surface area contributed by atoms with Gasteiger partial charge in [0, 0.05) is 6.54 Å². The van der Waals surface area contributed by atoms with Gasteiger partial charge in [-0.05, 0) is 27.2 Å². The third kappa shape index (κ3) is 8.72. The molecule has 16 heavy (non-hydrogen) atoms. The van der Waals surface area contributed by atoms with Crippen molar-refractivity contribution in [2.45, 2.75) is 66.2 Å². The third-order valence-corrected chi connectivity index (χ3v) is 2.41. The van der Waals surface area contributed by atoms with E-state index in [4.69, 9.17) is 4.84 Å². The normalized spacial score (nSPS) is 11.5. The van der Waals surface area contributed by atoms with E-state index in [0.717, 1.165) is 13.0 Å². The summed E-state index contributed by atoms with van der Waals surface area (Å²) in [6, 6.07) is 0. The van der Waals surface area contributed by atoms with Crippen molar-refractivity contribution in [1.29, 1.82) is 0 Å². The maximum atomic E-state index is 11.4. The number of carbonyl (C=O) groups is 1. The number of hydroxylamine groups is 1. The number of unbranched alkanes of at least 4 members (excludes halogenated alkanes) is 5. The van der Waals surface area contributed by atoms with Crippen LogP contribution in [0, 0.1) is 5.41 Å². The molecule has 0 spiro atoms. The Kier molecular flexibility index (Phi) is 8.26. The van der Waals surface area contributed by atoms with Crippen molar-refractivity contribution in [2.75, 3.05) is 6.54 Å². The van der Waals surface area contributed by atoms with Crippen molar-refractivity contribution < 1.29 is 9.63 Å². The summed E-state index contributed by atoms with van der Waals surface area (Å²) >= 11 is 0. The minimum absolute atomic E-state index is 0.196. The van der Waals surface area contributed by atoms with E-state index in [1.807, 2.05) is 20.8 Å². The molecule has 0 amide bonds. The molecule has 0 radical (unpaired) electrons. The molecule has 0 bridgehead atoms. The fraction of sp³-hybridized carbons (Fsp3) is 0.923. The second-order valence-corrected chi connectivity index (χ2v) is 5.30. The van der Waals surface area contributed by atoms with Crippen LogP contribution in [0.3, 0.4) is 0 Å². The smallest absolute Gasteiger partial charge is 0.329 e. The Morgan fingerprint density at radius 2 is 1.62 bits per heavy atom. The van der Waals surface area contributed by atoms with Crippen LogP contribution >= 0.6 is 0 Å². The lowest BCUT2D eigenvalue weighted by Gasteiger charge is -2.16. The van der Waals surface area contributed by atoms with E-state index in [9.17, 15) is 4.79 Å². The van der Waals surface area contributed by atoms with E-state index in [1.54, 1.807) is 0 Å². The van der Waals surface area contributed by atoms with Crippen LogP contribution in [0.2, 0.25) is 0 Å². The SMILES string of the molecule is CCCCCCCCNOC(=O)C(C)(C)C. The number of hydrogen-bond donors (Lipinski definition) is 1. The standard InChI is InChI=1S/C13H27NO2/c1-5-6-7-8-9-10-11-14-16-12(15)13(2,3)4/h14H,5-11H2,1-4H3. The van der Waals surface area contributed by atoms with Gasteiger partial charge in [-0.15, -0.1) is 0 Å². The molecule has 0 aromatic carbocycles. The number of carbonyl (C=O) groups excluding carboxylic acids is 1. The van der Waals surface area contributed by atoms with Gasteiger partial charge in [0.15, 0.2) is 0 Å². The molecule has 96 valence electrons. The number of nitrogens with one attached hydrogen (secondary N) is 1. The molecule has 0 heterocycles. The predicted octanol–water partition coefficient (Wildman–Crippen LogP) is 3.44. The van der Waals surface area contributed by atoms with E-state index in [2.05, 4.69) is 12.4 Å². The Bertz CT molecular complexity index is 185. The summed E-state index contributed by atoms with van der Waals surface area (Å²) in [4.78, 5) is 16.3. The van der Waals surface area contributed by atoms with Gasteiger partial charge in [-0.1, -0.05) is 39.0 Å². The second-order valence-electron chi connectivity index (χ2n) is 5.30. The molecule has 0 fully saturated rings. The number of hydrogen-bond acceptors (Lipinski definition) is 3. The van der Waals surface area contributed by atoms with Gasteiger partial charge in [-0.25, -0.2) is 4.79 Å². The highest BCUT2D eigenvalue weighted by Gasteiger charge is 2.23. The van der Waals surface area contributed by atoms with Crippen molar-refractivity contribution in [3.05, 3.63) is 0 Å². The predicted molar refractivity (Wildman–Crippen MR) is 66.9 cm³/mol. The van der Waals surface area contributed by atoms with Crippen LogP contribution in [0.1, 0.15) is 66.2 Å². The van der Waals surface area contributed by atoms with Gasteiger partial charge in [0.2, 0.25) is 0 Å². The van der Waals surface area contributed by atoms with Gasteiger partial charge >= 0.3 is 5.97 Å². The van der Waals surface area contributed by atoms with Crippen molar-refractivity contribution in [2.24, 2.45) is 5.41 Å². The highest BCUT2D eigenvalue weighted by atomic mass is 16.7. The zero-order valence-corrected chi connectivity index (χ0v) is 11.3. The molecule has 0 aliphatic carbocycles. The van der Waals surface area contributed by atoms with Gasteiger partial charge in [0.25, 0.3) is 0 Å². The molecule has 1 N–H and O–H groups in total. The van der Waals surface area contributed by atoms with Gasteiger partial charge in [-0.2, -0.15) is 5.48 Å². The van der Waals surface area contributed by atoms with Crippen LogP contribution in [0.5, 0.6) is 0 Å². The molecule has 0 atom stereocenters. The molecular weight excluding hydrogens is 202 g/mol. The highest BCUT2D eigenvalue weighted by Crippen LogP contribution is 2.14. The van der Waals surface area contributed by atoms with E-state index in [-0.39, 0.29) is 5.97 Å². The fourth-order valence-corrected chi connectivity index (χ4v) is 1.25. The van der Waals surface area contributed by atoms with Crippen LogP contribution in [-0.4, -0.2) is 12.5 Å². The average Bonchev–Trinajstić information content (AvgIpc) is 2.20. The molecule has 3 nitrogen and oxygen atoms in total. The maximum Gasteiger partial charge on any atom is 0.329 e. The van der Waals surface area contributed by atoms with Crippen LogP contribution in [0.15, 0.2) is 0 Å². The quantitative estimate of drug-likeness (QED) is 0.512. The largest absolute Gasteiger partial charge is 0.370 e. The summed E-state index contributed by atoms with van der Waals surface area (Å²) in [5.74, 6) is -0.196. The Morgan fingerprint density at radius 1 is 1.06 bits per heavy atom. The molecule has 0 aromatic heterocycles. The zero-order chi connectivity index (χ0) is 12.4. The zero-order valence-electron chi connectivity index (χ0n) is 11.3. The van der Waals surface area contributed by atoms with Crippen LogP contribution in [0.25, 0.3) is 0 Å². The molecule has 0 rings (SSSR count). The van der Waals surface area contributed by atoms with Gasteiger partial charge < -0.3 is 4.84 Å². The summed E-state index contributed by atoms with van der Waals surface area (Å²) < 4.78 is 0. The minimum Gasteiger partial charge on any atom is -0.370 e. The lowest BCUT2D eigenvalue weighted by atomic mass is 9.98. The molecule has 0 unspecified atom stereocenters. The fourth-order valence-electron chi connectivity index (χ4n) is 1.25. The highest BCUT2D eigenvalue weighted by molar-refractivity contribution is 5.75. The average molecular weight is 229 g/mol. The Hall–Kier alpha value is -0.570. The Balaban J connectivity index is 3.25. The second kappa shape index (κ2) is 8.57. The van der Waals surface area contributed by atoms with Crippen LogP contribution in [-0.2, 0) is 9.63 Å². The van der Waals surface area contributed by atoms with Gasteiger partial charge in [-0.3, -0.25) is 0 Å². The summed E-state index contributed by atoms with van der Waals surface area (Å²) in [5, 5.41) is 0. The van der Waals surface area contributed by atoms with E-state index in [0.29, 0.717) is 0 Å². The van der Waals surface area contributed by atoms with E-state index < -0.39 is 5.41 Å². The third-order valence-electron chi connectivity index (χ3n) is 2.41. The first-order valence-corrected chi connectivity index (χ1v) is 6.42. The summed E-state index contributed by atoms with van der Waals surface area (Å²) in [5.41, 5.74) is 2.31. The minimum atomic E-state index is -0.422. The van der Waals surface area contributed by atoms with Gasteiger partial charge in [0.05, 0.1) is 5.41 Å². The molecule has 0 saturated carbocycles. The molecule has 0 aromatic rings. The van der Waals surface area contributed by atoms with Crippen LogP contribution in [0.4, 0.5) is 0 Å². The van der Waals surface area contributed by atoms with Crippen molar-refractivity contribution in [1.82, 2.24) is 5.48 Å². The summed E-state index contributed by atoms with van der Waals surface area (Å²) in [6.45, 7) is 8.52. The van der Waals surface area contributed by atoms with E-state index >= 15 is 0 Å². The summed E-state index contributed by atoms with van der Waals surface area (Å²) in [6.07, 6.45) is 7.48. The number of rotatable bonds is 8. The first-order valence-electron chi connectivity index (χ1n) is 6.42. The Morgan fingerprint density at radius 3 is 2.19 bits per heavy atom. The first-order chi connectivity index (χ1) is 7.48. The summed E-state index contributed by atoms with van der Waals surface area (Å²) in [7, 11) is 0. The van der Waals surface area contributed by atoms with Crippen molar-refractivity contribution in [3.63, 3.8) is 0 Å².